The molecule has 25 heavy (non-hydrogen) atoms. The Labute approximate surface area is 155 Å². The average Bonchev–Trinajstić information content (AvgIpc) is 2.67. The van der Waals surface area contributed by atoms with Crippen molar-refractivity contribution in [3.8, 4) is 11.5 Å². The molecule has 0 bridgehead atoms. The van der Waals surface area contributed by atoms with Crippen molar-refractivity contribution in [1.82, 2.24) is 10.3 Å². The van der Waals surface area contributed by atoms with Crippen LogP contribution in [0.3, 0.4) is 0 Å². The number of hydrogen-bond acceptors (Lipinski definition) is 4. The lowest BCUT2D eigenvalue weighted by Crippen LogP contribution is -2.35. The van der Waals surface area contributed by atoms with Gasteiger partial charge in [0, 0.05) is 23.1 Å². The van der Waals surface area contributed by atoms with E-state index in [0.29, 0.717) is 13.0 Å². The van der Waals surface area contributed by atoms with Gasteiger partial charge in [-0.05, 0) is 63.1 Å². The topological polar surface area (TPSA) is 60.5 Å². The third kappa shape index (κ3) is 4.51. The summed E-state index contributed by atoms with van der Waals surface area (Å²) in [7, 11) is 0. The number of rotatable bonds is 2. The fourth-order valence-corrected chi connectivity index (χ4v) is 3.18. The third-order valence-corrected chi connectivity index (χ3v) is 4.28. The lowest BCUT2D eigenvalue weighted by molar-refractivity contribution is 0.0524. The summed E-state index contributed by atoms with van der Waals surface area (Å²) in [6, 6.07) is 9.69. The average molecular weight is 405 g/mol. The Hall–Kier alpha value is -2.08. The lowest BCUT2D eigenvalue weighted by atomic mass is 9.95. The van der Waals surface area contributed by atoms with Gasteiger partial charge < -0.3 is 14.8 Å². The monoisotopic (exact) mass is 404 g/mol. The third-order valence-electron chi connectivity index (χ3n) is 3.79. The van der Waals surface area contributed by atoms with Crippen molar-refractivity contribution in [2.45, 2.75) is 38.7 Å². The smallest absolute Gasteiger partial charge is 0.407 e. The van der Waals surface area contributed by atoms with Crippen LogP contribution >= 0.6 is 15.9 Å². The molecule has 1 atom stereocenters. The van der Waals surface area contributed by atoms with E-state index in [1.807, 2.05) is 51.1 Å². The van der Waals surface area contributed by atoms with Crippen LogP contribution in [0.5, 0.6) is 11.5 Å². The van der Waals surface area contributed by atoms with Crippen LogP contribution < -0.4 is 10.1 Å². The second-order valence-corrected chi connectivity index (χ2v) is 7.94. The molecule has 1 amide bonds. The van der Waals surface area contributed by atoms with E-state index in [0.717, 1.165) is 27.2 Å². The number of alkyl carbamates (subject to hydrolysis) is 1. The molecule has 132 valence electrons. The molecule has 0 saturated carbocycles. The summed E-state index contributed by atoms with van der Waals surface area (Å²) in [6.07, 6.45) is 2.04. The minimum atomic E-state index is -0.524. The highest BCUT2D eigenvalue weighted by atomic mass is 79.9. The maximum absolute atomic E-state index is 12.0. The standard InChI is InChI=1S/C19H21BrN2O3/c1-19(2,3)25-18(23)22-11-13-9-12-10-14(20)6-7-15(12)24-16-5-4-8-21-17(13)16/h4-8,10,13H,9,11H2,1-3H3,(H,22,23). The zero-order valence-electron chi connectivity index (χ0n) is 14.5. The Morgan fingerprint density at radius 1 is 1.36 bits per heavy atom. The number of fused-ring (bicyclic) bond motifs is 2. The van der Waals surface area contributed by atoms with E-state index in [2.05, 4.69) is 26.2 Å². The Morgan fingerprint density at radius 2 is 2.16 bits per heavy atom. The van der Waals surface area contributed by atoms with Crippen LogP contribution in [0.4, 0.5) is 4.79 Å². The Balaban J connectivity index is 1.83. The largest absolute Gasteiger partial charge is 0.455 e. The Morgan fingerprint density at radius 3 is 2.92 bits per heavy atom. The molecule has 1 unspecified atom stereocenters. The fraction of sp³-hybridized carbons (Fsp3) is 0.368. The van der Waals surface area contributed by atoms with Crippen molar-refractivity contribution in [2.24, 2.45) is 0 Å². The highest BCUT2D eigenvalue weighted by Gasteiger charge is 2.26. The van der Waals surface area contributed by atoms with E-state index in [1.54, 1.807) is 6.20 Å². The molecule has 1 aromatic heterocycles. The molecular formula is C19H21BrN2O3. The number of nitrogens with zero attached hydrogens (tertiary/aromatic N) is 1. The summed E-state index contributed by atoms with van der Waals surface area (Å²) < 4.78 is 12.4. The second-order valence-electron chi connectivity index (χ2n) is 7.02. The molecule has 0 radical (unpaired) electrons. The zero-order valence-corrected chi connectivity index (χ0v) is 16.1. The number of carbonyl (C=O) groups is 1. The Bertz CT molecular complexity index is 786. The van der Waals surface area contributed by atoms with Crippen LogP contribution in [-0.2, 0) is 11.2 Å². The minimum absolute atomic E-state index is 0.000677. The van der Waals surface area contributed by atoms with Gasteiger partial charge in [0.15, 0.2) is 0 Å². The van der Waals surface area contributed by atoms with E-state index >= 15 is 0 Å². The first-order valence-electron chi connectivity index (χ1n) is 8.20. The molecule has 0 saturated heterocycles. The van der Waals surface area contributed by atoms with Gasteiger partial charge in [-0.2, -0.15) is 0 Å². The van der Waals surface area contributed by atoms with Gasteiger partial charge >= 0.3 is 6.09 Å². The van der Waals surface area contributed by atoms with Crippen molar-refractivity contribution in [2.75, 3.05) is 6.54 Å². The van der Waals surface area contributed by atoms with Gasteiger partial charge in [-0.1, -0.05) is 15.9 Å². The minimum Gasteiger partial charge on any atom is -0.455 e. The molecule has 3 rings (SSSR count). The lowest BCUT2D eigenvalue weighted by Gasteiger charge is -2.21. The molecule has 0 aliphatic carbocycles. The number of hydrogen-bond donors (Lipinski definition) is 1. The first-order valence-corrected chi connectivity index (χ1v) is 8.99. The van der Waals surface area contributed by atoms with E-state index in [1.165, 1.54) is 0 Å². The van der Waals surface area contributed by atoms with Crippen LogP contribution in [-0.4, -0.2) is 23.2 Å². The van der Waals surface area contributed by atoms with Crippen molar-refractivity contribution in [3.63, 3.8) is 0 Å². The molecule has 1 aliphatic rings. The molecule has 2 aromatic rings. The first-order chi connectivity index (χ1) is 11.8. The number of benzene rings is 1. The molecule has 1 aliphatic heterocycles. The second kappa shape index (κ2) is 7.04. The number of ether oxygens (including phenoxy) is 2. The van der Waals surface area contributed by atoms with Crippen LogP contribution in [0.15, 0.2) is 41.0 Å². The molecule has 0 spiro atoms. The summed E-state index contributed by atoms with van der Waals surface area (Å²) >= 11 is 3.51. The predicted molar refractivity (Wildman–Crippen MR) is 99.1 cm³/mol. The molecule has 1 aromatic carbocycles. The normalized spacial score (nSPS) is 16.1. The van der Waals surface area contributed by atoms with E-state index in [9.17, 15) is 4.79 Å². The van der Waals surface area contributed by atoms with Crippen molar-refractivity contribution >= 4 is 22.0 Å². The molecule has 0 fully saturated rings. The summed E-state index contributed by atoms with van der Waals surface area (Å²) in [5.41, 5.74) is 1.39. The summed E-state index contributed by atoms with van der Waals surface area (Å²) in [5.74, 6) is 1.54. The van der Waals surface area contributed by atoms with Crippen LogP contribution in [0.1, 0.15) is 37.9 Å². The summed E-state index contributed by atoms with van der Waals surface area (Å²) in [6.45, 7) is 5.96. The highest BCUT2D eigenvalue weighted by Crippen LogP contribution is 2.38. The van der Waals surface area contributed by atoms with Gasteiger partial charge in [0.25, 0.3) is 0 Å². The van der Waals surface area contributed by atoms with Gasteiger partial charge in [0.1, 0.15) is 17.1 Å². The quantitative estimate of drug-likeness (QED) is 0.780. The number of pyridine rings is 1. The summed E-state index contributed by atoms with van der Waals surface area (Å²) in [5, 5.41) is 2.85. The van der Waals surface area contributed by atoms with Gasteiger partial charge in [0.05, 0.1) is 5.69 Å². The number of carbonyl (C=O) groups excluding carboxylic acids is 1. The summed E-state index contributed by atoms with van der Waals surface area (Å²) in [4.78, 5) is 16.5. The SMILES string of the molecule is CC(C)(C)OC(=O)NCC1Cc2cc(Br)ccc2Oc2cccnc21. The molecule has 5 nitrogen and oxygen atoms in total. The Kier molecular flexibility index (Phi) is 4.99. The van der Waals surface area contributed by atoms with Gasteiger partial charge in [0.2, 0.25) is 0 Å². The van der Waals surface area contributed by atoms with Crippen LogP contribution in [0.25, 0.3) is 0 Å². The van der Waals surface area contributed by atoms with E-state index < -0.39 is 11.7 Å². The van der Waals surface area contributed by atoms with Crippen molar-refractivity contribution in [3.05, 3.63) is 52.3 Å². The van der Waals surface area contributed by atoms with E-state index in [4.69, 9.17) is 9.47 Å². The molecular weight excluding hydrogens is 384 g/mol. The van der Waals surface area contributed by atoms with Crippen LogP contribution in [0, 0.1) is 0 Å². The number of nitrogens with one attached hydrogen (secondary N) is 1. The number of aromatic nitrogens is 1. The number of amides is 1. The number of halogens is 1. The molecule has 1 N–H and O–H groups in total. The highest BCUT2D eigenvalue weighted by molar-refractivity contribution is 9.10. The van der Waals surface area contributed by atoms with Gasteiger partial charge in [-0.25, -0.2) is 4.79 Å². The zero-order chi connectivity index (χ0) is 18.0. The maximum Gasteiger partial charge on any atom is 0.407 e. The first kappa shape index (κ1) is 17.7. The van der Waals surface area contributed by atoms with Gasteiger partial charge in [-0.15, -0.1) is 0 Å². The van der Waals surface area contributed by atoms with Crippen molar-refractivity contribution < 1.29 is 14.3 Å². The molecule has 6 heteroatoms. The van der Waals surface area contributed by atoms with Gasteiger partial charge in [-0.3, -0.25) is 4.98 Å². The predicted octanol–water partition coefficient (Wildman–Crippen LogP) is 4.80. The van der Waals surface area contributed by atoms with Crippen LogP contribution in [0.2, 0.25) is 0 Å². The molecule has 2 heterocycles. The van der Waals surface area contributed by atoms with Crippen molar-refractivity contribution in [1.29, 1.82) is 0 Å². The maximum atomic E-state index is 12.0. The van der Waals surface area contributed by atoms with E-state index in [-0.39, 0.29) is 5.92 Å². The fourth-order valence-electron chi connectivity index (χ4n) is 2.77.